The standard InChI is InChI=1S/C28H32N4O4/c33-25-10-9-23(26(34)29-25)32-18-22-21(27(32)35)7-4-8-24(22)36-19-28(11-12-28)31-15-13-30(14-16-31)17-20-5-2-1-3-6-20/h1-8,23H,9-19H2,(H,29,33,34). The number of rotatable bonds is 7. The summed E-state index contributed by atoms with van der Waals surface area (Å²) in [5, 5.41) is 2.36. The molecule has 1 atom stereocenters. The lowest BCUT2D eigenvalue weighted by Gasteiger charge is -2.39. The second-order valence-corrected chi connectivity index (χ2v) is 10.4. The average molecular weight is 489 g/mol. The summed E-state index contributed by atoms with van der Waals surface area (Å²) in [6.45, 7) is 6.10. The van der Waals surface area contributed by atoms with Crippen LogP contribution in [0.1, 0.15) is 47.2 Å². The predicted molar refractivity (Wildman–Crippen MR) is 133 cm³/mol. The highest BCUT2D eigenvalue weighted by atomic mass is 16.5. The minimum absolute atomic E-state index is 0.0769. The molecule has 4 aliphatic rings. The molecule has 188 valence electrons. The molecule has 0 radical (unpaired) electrons. The normalized spacial score (nSPS) is 23.9. The first kappa shape index (κ1) is 23.2. The highest BCUT2D eigenvalue weighted by Crippen LogP contribution is 2.43. The number of piperazine rings is 1. The van der Waals surface area contributed by atoms with Crippen LogP contribution in [0.4, 0.5) is 0 Å². The van der Waals surface area contributed by atoms with Crippen molar-refractivity contribution >= 4 is 17.7 Å². The number of fused-ring (bicyclic) bond motifs is 1. The Morgan fingerprint density at radius 3 is 2.44 bits per heavy atom. The number of hydrogen-bond acceptors (Lipinski definition) is 6. The van der Waals surface area contributed by atoms with Gasteiger partial charge in [0.25, 0.3) is 5.91 Å². The Hall–Kier alpha value is -3.23. The molecule has 0 aromatic heterocycles. The van der Waals surface area contributed by atoms with E-state index in [0.717, 1.165) is 56.9 Å². The van der Waals surface area contributed by atoms with Crippen LogP contribution in [-0.2, 0) is 22.7 Å². The second-order valence-electron chi connectivity index (χ2n) is 10.4. The van der Waals surface area contributed by atoms with E-state index in [9.17, 15) is 14.4 Å². The fraction of sp³-hybridized carbons (Fsp3) is 0.464. The maximum Gasteiger partial charge on any atom is 0.255 e. The van der Waals surface area contributed by atoms with Gasteiger partial charge in [-0.2, -0.15) is 0 Å². The molecule has 3 fully saturated rings. The number of nitrogens with one attached hydrogen (secondary N) is 1. The molecule has 3 heterocycles. The summed E-state index contributed by atoms with van der Waals surface area (Å²) in [4.78, 5) is 43.7. The van der Waals surface area contributed by atoms with Gasteiger partial charge in [0, 0.05) is 50.3 Å². The van der Waals surface area contributed by atoms with Crippen LogP contribution in [-0.4, -0.2) is 76.8 Å². The first-order valence-corrected chi connectivity index (χ1v) is 12.9. The maximum absolute atomic E-state index is 13.1. The molecular weight excluding hydrogens is 456 g/mol. The van der Waals surface area contributed by atoms with E-state index in [1.54, 1.807) is 11.0 Å². The fourth-order valence-corrected chi connectivity index (χ4v) is 5.82. The third-order valence-electron chi connectivity index (χ3n) is 8.15. The van der Waals surface area contributed by atoms with Gasteiger partial charge >= 0.3 is 0 Å². The van der Waals surface area contributed by atoms with Crippen LogP contribution in [0.15, 0.2) is 48.5 Å². The highest BCUT2D eigenvalue weighted by Gasteiger charge is 2.49. The van der Waals surface area contributed by atoms with Crippen molar-refractivity contribution < 1.29 is 19.1 Å². The molecular formula is C28H32N4O4. The fourth-order valence-electron chi connectivity index (χ4n) is 5.82. The summed E-state index contributed by atoms with van der Waals surface area (Å²) in [5.74, 6) is -0.108. The molecule has 3 aliphatic heterocycles. The number of hydrogen-bond donors (Lipinski definition) is 1. The van der Waals surface area contributed by atoms with Gasteiger partial charge in [-0.05, 0) is 37.0 Å². The molecule has 8 heteroatoms. The van der Waals surface area contributed by atoms with Crippen LogP contribution in [0.5, 0.6) is 5.75 Å². The average Bonchev–Trinajstić information content (AvgIpc) is 3.61. The van der Waals surface area contributed by atoms with Crippen LogP contribution < -0.4 is 10.1 Å². The SMILES string of the molecule is O=C1CCC(N2Cc3c(OCC4(N5CCN(Cc6ccccc6)CC5)CC4)cccc3C2=O)C(=O)N1. The topological polar surface area (TPSA) is 82.2 Å². The van der Waals surface area contributed by atoms with Crippen LogP contribution in [0, 0.1) is 0 Å². The Labute approximate surface area is 211 Å². The number of benzene rings is 2. The Balaban J connectivity index is 1.08. The lowest BCUT2D eigenvalue weighted by atomic mass is 10.0. The lowest BCUT2D eigenvalue weighted by Crippen LogP contribution is -2.53. The zero-order chi connectivity index (χ0) is 24.7. The van der Waals surface area contributed by atoms with Crippen molar-refractivity contribution in [1.82, 2.24) is 20.0 Å². The molecule has 6 rings (SSSR count). The van der Waals surface area contributed by atoms with E-state index in [2.05, 4.69) is 45.4 Å². The summed E-state index contributed by atoms with van der Waals surface area (Å²) in [6.07, 6.45) is 2.87. The van der Waals surface area contributed by atoms with Gasteiger partial charge in [-0.3, -0.25) is 29.5 Å². The predicted octanol–water partition coefficient (Wildman–Crippen LogP) is 2.18. The molecule has 2 aromatic rings. The van der Waals surface area contributed by atoms with E-state index < -0.39 is 11.9 Å². The summed E-state index contributed by atoms with van der Waals surface area (Å²) in [7, 11) is 0. The number of imide groups is 1. The molecule has 1 unspecified atom stereocenters. The van der Waals surface area contributed by atoms with Crippen LogP contribution in [0.3, 0.4) is 0 Å². The Morgan fingerprint density at radius 1 is 0.944 bits per heavy atom. The molecule has 1 saturated carbocycles. The number of carbonyl (C=O) groups excluding carboxylic acids is 3. The van der Waals surface area contributed by atoms with Crippen molar-refractivity contribution in [3.05, 3.63) is 65.2 Å². The first-order valence-electron chi connectivity index (χ1n) is 12.9. The zero-order valence-corrected chi connectivity index (χ0v) is 20.4. The van der Waals surface area contributed by atoms with Crippen molar-refractivity contribution in [2.45, 2.75) is 50.4 Å². The first-order chi connectivity index (χ1) is 17.5. The van der Waals surface area contributed by atoms with Gasteiger partial charge in [0.2, 0.25) is 11.8 Å². The van der Waals surface area contributed by atoms with Crippen LogP contribution in [0.2, 0.25) is 0 Å². The maximum atomic E-state index is 13.1. The molecule has 3 amide bonds. The molecule has 2 saturated heterocycles. The third-order valence-corrected chi connectivity index (χ3v) is 8.15. The van der Waals surface area contributed by atoms with Crippen molar-refractivity contribution in [3.63, 3.8) is 0 Å². The largest absolute Gasteiger partial charge is 0.491 e. The molecule has 1 N–H and O–H groups in total. The van der Waals surface area contributed by atoms with Crippen molar-refractivity contribution in [2.24, 2.45) is 0 Å². The molecule has 8 nitrogen and oxygen atoms in total. The summed E-state index contributed by atoms with van der Waals surface area (Å²) in [6, 6.07) is 15.6. The number of nitrogens with zero attached hydrogens (tertiary/aromatic N) is 3. The molecule has 0 spiro atoms. The lowest BCUT2D eigenvalue weighted by molar-refractivity contribution is -0.136. The van der Waals surface area contributed by atoms with E-state index in [1.807, 2.05) is 12.1 Å². The highest BCUT2D eigenvalue weighted by molar-refractivity contribution is 6.05. The quantitative estimate of drug-likeness (QED) is 0.602. The van der Waals surface area contributed by atoms with E-state index >= 15 is 0 Å². The van der Waals surface area contributed by atoms with Gasteiger partial charge in [-0.15, -0.1) is 0 Å². The minimum atomic E-state index is -0.614. The van der Waals surface area contributed by atoms with E-state index in [-0.39, 0.29) is 23.8 Å². The van der Waals surface area contributed by atoms with Gasteiger partial charge < -0.3 is 9.64 Å². The van der Waals surface area contributed by atoms with E-state index in [4.69, 9.17) is 4.74 Å². The molecule has 1 aliphatic carbocycles. The molecule has 36 heavy (non-hydrogen) atoms. The number of amides is 3. The Kier molecular flexibility index (Phi) is 6.01. The van der Waals surface area contributed by atoms with E-state index in [1.165, 1.54) is 5.56 Å². The van der Waals surface area contributed by atoms with E-state index in [0.29, 0.717) is 25.1 Å². The summed E-state index contributed by atoms with van der Waals surface area (Å²) >= 11 is 0. The van der Waals surface area contributed by atoms with Gasteiger partial charge in [0.1, 0.15) is 18.4 Å². The summed E-state index contributed by atoms with van der Waals surface area (Å²) in [5.41, 5.74) is 2.87. The number of ether oxygens (including phenoxy) is 1. The van der Waals surface area contributed by atoms with Gasteiger partial charge in [-0.25, -0.2) is 0 Å². The minimum Gasteiger partial charge on any atom is -0.491 e. The van der Waals surface area contributed by atoms with Crippen molar-refractivity contribution in [2.75, 3.05) is 32.8 Å². The smallest absolute Gasteiger partial charge is 0.255 e. The van der Waals surface area contributed by atoms with Crippen molar-refractivity contribution in [1.29, 1.82) is 0 Å². The third kappa shape index (κ3) is 4.40. The Morgan fingerprint density at radius 2 is 1.72 bits per heavy atom. The molecule has 0 bridgehead atoms. The number of carbonyl (C=O) groups is 3. The van der Waals surface area contributed by atoms with Gasteiger partial charge in [0.15, 0.2) is 0 Å². The van der Waals surface area contributed by atoms with Crippen molar-refractivity contribution in [3.8, 4) is 5.75 Å². The van der Waals surface area contributed by atoms with Gasteiger partial charge in [0.05, 0.1) is 12.1 Å². The van der Waals surface area contributed by atoms with Gasteiger partial charge in [-0.1, -0.05) is 36.4 Å². The number of piperidine rings is 1. The zero-order valence-electron chi connectivity index (χ0n) is 20.4. The molecule has 2 aromatic carbocycles. The second kappa shape index (κ2) is 9.33. The van der Waals surface area contributed by atoms with Crippen LogP contribution >= 0.6 is 0 Å². The Bertz CT molecular complexity index is 1170. The monoisotopic (exact) mass is 488 g/mol. The van der Waals surface area contributed by atoms with Crippen LogP contribution in [0.25, 0.3) is 0 Å². The summed E-state index contributed by atoms with van der Waals surface area (Å²) < 4.78 is 6.39.